The Kier molecular flexibility index (Phi) is 27.8. The second-order valence-corrected chi connectivity index (χ2v) is 15.4. The van der Waals surface area contributed by atoms with Crippen LogP contribution in [-0.2, 0) is 24.4 Å². The smallest absolute Gasteiger partial charge is 1.00 e. The van der Waals surface area contributed by atoms with Gasteiger partial charge in [0.1, 0.15) is 41.1 Å². The quantitative estimate of drug-likeness (QED) is 0.0562. The Morgan fingerprint density at radius 3 is 1.21 bits per heavy atom. The van der Waals surface area contributed by atoms with E-state index >= 15 is 0 Å². The molecule has 0 spiro atoms. The summed E-state index contributed by atoms with van der Waals surface area (Å²) in [6.45, 7) is 1.87. The standard InChI is InChI=1S/C14H12FN5S.2C14H9FN4S.C2H4O2.CH4O.2ClH.H3N.Na.H/c15-10-4-2-1-3-9(10)6-20-13(12-7-21-8-18-12)5-11(19-20)14(16)17;2*15-12-4-2-1-3-10(12)7-19-14(5-11(6-16)18-19)13-8-20-9-17-13;1-2(3)4;1-2;;;;;/h1-5,7-8H,6H2,(H3,16,17);2*1-5,8-9H,7H2;1H3,(H,3,4);2H,1H3;2*1H;1H3;;/q;;;;;;;;+1;-1. The van der Waals surface area contributed by atoms with Gasteiger partial charge in [0.05, 0.1) is 70.3 Å². The molecule has 0 saturated heterocycles. The predicted octanol–water partition coefficient (Wildman–Crippen LogP) is 6.43. The van der Waals surface area contributed by atoms with Crippen LogP contribution in [0.2, 0.25) is 0 Å². The van der Waals surface area contributed by atoms with E-state index in [1.54, 1.807) is 103 Å². The molecule has 0 unspecified atom stereocenters. The van der Waals surface area contributed by atoms with Gasteiger partial charge < -0.3 is 23.5 Å². The van der Waals surface area contributed by atoms with Crippen LogP contribution < -0.4 is 41.4 Å². The first-order valence-electron chi connectivity index (χ1n) is 19.3. The van der Waals surface area contributed by atoms with Crippen LogP contribution in [0.25, 0.3) is 34.2 Å². The average Bonchev–Trinajstić information content (AvgIpc) is 4.18. The van der Waals surface area contributed by atoms with Crippen molar-refractivity contribution in [1.82, 2.24) is 50.4 Å². The molecule has 9 rings (SSSR count). The van der Waals surface area contributed by atoms with Crippen molar-refractivity contribution in [3.8, 4) is 46.3 Å². The number of aliphatic hydroxyl groups excluding tert-OH is 1. The van der Waals surface area contributed by atoms with E-state index in [4.69, 9.17) is 36.7 Å². The number of thiazole rings is 3. The minimum absolute atomic E-state index is 0. The summed E-state index contributed by atoms with van der Waals surface area (Å²) >= 11 is 4.38. The summed E-state index contributed by atoms with van der Waals surface area (Å²) in [6, 6.07) is 28.6. The number of nitrogen functional groups attached to an aromatic ring is 1. The summed E-state index contributed by atoms with van der Waals surface area (Å²) in [5.74, 6) is -1.82. The molecule has 0 aliphatic carbocycles. The fourth-order valence-electron chi connectivity index (χ4n) is 5.85. The molecule has 0 atom stereocenters. The van der Waals surface area contributed by atoms with Gasteiger partial charge in [-0.05, 0) is 24.3 Å². The number of carboxylic acid groups (broad SMARTS) is 1. The third kappa shape index (κ3) is 17.9. The molecule has 0 fully saturated rings. The maximum atomic E-state index is 13.8. The summed E-state index contributed by atoms with van der Waals surface area (Å²) in [5, 5.41) is 58.1. The van der Waals surface area contributed by atoms with Gasteiger partial charge in [0, 0.05) is 59.0 Å². The zero-order valence-corrected chi connectivity index (χ0v) is 44.0. The van der Waals surface area contributed by atoms with Crippen LogP contribution in [0.1, 0.15) is 42.1 Å². The van der Waals surface area contributed by atoms with Crippen molar-refractivity contribution >= 4 is 70.6 Å². The molecular weight excluding hydrogens is 1030 g/mol. The number of nitriles is 2. The number of hydrogen-bond donors (Lipinski definition) is 5. The Morgan fingerprint density at radius 2 is 0.944 bits per heavy atom. The van der Waals surface area contributed by atoms with E-state index in [0.29, 0.717) is 50.9 Å². The molecule has 0 aliphatic heterocycles. The van der Waals surface area contributed by atoms with Crippen LogP contribution in [0.3, 0.4) is 0 Å². The predicted molar refractivity (Wildman–Crippen MR) is 269 cm³/mol. The molecule has 26 heteroatoms. The van der Waals surface area contributed by atoms with Crippen LogP contribution in [0.5, 0.6) is 0 Å². The van der Waals surface area contributed by atoms with E-state index in [1.807, 2.05) is 28.3 Å². The molecule has 0 saturated carbocycles. The Hall–Kier alpha value is -6.61. The molecule has 0 radical (unpaired) electrons. The maximum absolute atomic E-state index is 13.8. The zero-order valence-electron chi connectivity index (χ0n) is 38.9. The Labute approximate surface area is 453 Å². The van der Waals surface area contributed by atoms with E-state index in [-0.39, 0.29) is 105 Å². The molecule has 6 aromatic heterocycles. The van der Waals surface area contributed by atoms with E-state index in [0.717, 1.165) is 31.1 Å². The molecule has 9 aromatic rings. The molecular formula is C45H44Cl2F3N14NaO3S3. The van der Waals surface area contributed by atoms with Crippen LogP contribution in [0.15, 0.2) is 124 Å². The molecule has 0 bridgehead atoms. The van der Waals surface area contributed by atoms with E-state index < -0.39 is 5.97 Å². The van der Waals surface area contributed by atoms with Gasteiger partial charge in [-0.15, -0.1) is 58.8 Å². The van der Waals surface area contributed by atoms with Crippen molar-refractivity contribution in [2.75, 3.05) is 7.11 Å². The first-order valence-corrected chi connectivity index (χ1v) is 22.1. The van der Waals surface area contributed by atoms with Gasteiger partial charge in [-0.2, -0.15) is 25.8 Å². The van der Waals surface area contributed by atoms with Crippen LogP contribution >= 0.6 is 58.8 Å². The van der Waals surface area contributed by atoms with Crippen molar-refractivity contribution < 1.29 is 59.2 Å². The molecule has 8 N–H and O–H groups in total. The number of carboxylic acids is 1. The molecule has 366 valence electrons. The number of carbonyl (C=O) groups is 1. The summed E-state index contributed by atoms with van der Waals surface area (Å²) in [4.78, 5) is 21.7. The summed E-state index contributed by atoms with van der Waals surface area (Å²) in [7, 11) is 1.00. The Morgan fingerprint density at radius 1 is 0.648 bits per heavy atom. The Bertz CT molecular complexity index is 2970. The van der Waals surface area contributed by atoms with E-state index in [2.05, 4.69) is 30.2 Å². The minimum Gasteiger partial charge on any atom is -1.00 e. The van der Waals surface area contributed by atoms with Crippen molar-refractivity contribution in [2.24, 2.45) is 5.73 Å². The van der Waals surface area contributed by atoms with Crippen molar-refractivity contribution in [2.45, 2.75) is 26.6 Å². The molecule has 6 heterocycles. The number of hydrogen-bond acceptors (Lipinski definition) is 15. The van der Waals surface area contributed by atoms with Crippen molar-refractivity contribution in [1.29, 1.82) is 15.9 Å². The fourth-order valence-corrected chi connectivity index (χ4v) is 7.49. The number of halogens is 5. The number of nitrogens with one attached hydrogen (secondary N) is 1. The van der Waals surface area contributed by atoms with Gasteiger partial charge in [0.2, 0.25) is 0 Å². The third-order valence-electron chi connectivity index (χ3n) is 8.76. The topological polar surface area (TPSA) is 282 Å². The monoisotopic (exact) mass is 1070 g/mol. The molecule has 71 heavy (non-hydrogen) atoms. The number of aliphatic carboxylic acids is 1. The van der Waals surface area contributed by atoms with Gasteiger partial charge in [0.15, 0.2) is 11.4 Å². The summed E-state index contributed by atoms with van der Waals surface area (Å²) in [6.07, 6.45) is 0. The number of aromatic nitrogens is 9. The number of aliphatic hydroxyl groups is 1. The second kappa shape index (κ2) is 31.6. The van der Waals surface area contributed by atoms with Gasteiger partial charge in [-0.3, -0.25) is 24.2 Å². The Balaban J connectivity index is 0.000000962. The zero-order chi connectivity index (χ0) is 48.3. The normalized spacial score (nSPS) is 9.46. The molecule has 0 aliphatic rings. The fraction of sp³-hybridized carbons (Fsp3) is 0.111. The molecule has 0 amide bonds. The summed E-state index contributed by atoms with van der Waals surface area (Å²) < 4.78 is 46.1. The molecule has 3 aromatic carbocycles. The van der Waals surface area contributed by atoms with Gasteiger partial charge in [-0.1, -0.05) is 54.6 Å². The number of amidine groups is 1. The number of nitrogens with two attached hydrogens (primary N) is 1. The van der Waals surface area contributed by atoms with E-state index in [9.17, 15) is 13.2 Å². The largest absolute Gasteiger partial charge is 1.00 e. The second-order valence-electron chi connectivity index (χ2n) is 13.3. The van der Waals surface area contributed by atoms with Crippen molar-refractivity contribution in [3.63, 3.8) is 0 Å². The number of benzene rings is 3. The van der Waals surface area contributed by atoms with Gasteiger partial charge in [-0.25, -0.2) is 28.1 Å². The van der Waals surface area contributed by atoms with Crippen LogP contribution in [-0.4, -0.2) is 73.4 Å². The maximum Gasteiger partial charge on any atom is 1.00 e. The van der Waals surface area contributed by atoms with Crippen molar-refractivity contribution in [3.05, 3.63) is 175 Å². The number of nitrogens with zero attached hydrogens (tertiary/aromatic N) is 11. The minimum atomic E-state index is -0.833. The van der Waals surface area contributed by atoms with E-state index in [1.165, 1.54) is 52.2 Å². The van der Waals surface area contributed by atoms with Crippen LogP contribution in [0, 0.1) is 45.5 Å². The molecule has 17 nitrogen and oxygen atoms in total. The van der Waals surface area contributed by atoms with Gasteiger partial charge in [0.25, 0.3) is 5.97 Å². The summed E-state index contributed by atoms with van der Waals surface area (Å²) in [5.41, 5.74) is 17.5. The van der Waals surface area contributed by atoms with Gasteiger partial charge >= 0.3 is 29.6 Å². The third-order valence-corrected chi connectivity index (χ3v) is 10.5. The average molecular weight is 1080 g/mol. The van der Waals surface area contributed by atoms with Crippen LogP contribution in [0.4, 0.5) is 13.2 Å². The first kappa shape index (κ1) is 62.4. The first-order chi connectivity index (χ1) is 32.4. The SMILES string of the molecule is CC(=O)O.CO.Cl.Cl.N.N#Cc1cc(-c2cscn2)n(Cc2ccccc2F)n1.N#Cc1cc(-c2cscn2)n(Cc2ccccc2F)n1.N=C(N)c1cc(-c2cscn2)n(Cc2ccccc2F)n1.[H-].[Na+]. The number of rotatable bonds is 10.